The molecule has 0 heterocycles. The summed E-state index contributed by atoms with van der Waals surface area (Å²) >= 11 is 0. The molecule has 0 saturated carbocycles. The van der Waals surface area contributed by atoms with Crippen LogP contribution in [0, 0.1) is 13.8 Å². The molecule has 128 valence electrons. The van der Waals surface area contributed by atoms with Crippen molar-refractivity contribution in [2.75, 3.05) is 0 Å². The number of hydrogen-bond donors (Lipinski definition) is 1. The van der Waals surface area contributed by atoms with Gasteiger partial charge in [0.15, 0.2) is 9.84 Å². The Morgan fingerprint density at radius 2 is 1.67 bits per heavy atom. The van der Waals surface area contributed by atoms with Crippen LogP contribution < -0.4 is 5.32 Å². The van der Waals surface area contributed by atoms with E-state index in [-0.39, 0.29) is 5.75 Å². The molecule has 1 atom stereocenters. The van der Waals surface area contributed by atoms with Crippen LogP contribution in [0.2, 0.25) is 0 Å². The van der Waals surface area contributed by atoms with E-state index in [1.54, 1.807) is 12.1 Å². The first kappa shape index (κ1) is 18.2. The van der Waals surface area contributed by atoms with Crippen molar-refractivity contribution in [3.8, 4) is 0 Å². The minimum atomic E-state index is -3.56. The van der Waals surface area contributed by atoms with E-state index in [0.29, 0.717) is 6.54 Å². The smallest absolute Gasteiger partial charge is 0.238 e. The lowest BCUT2D eigenvalue weighted by Gasteiger charge is -2.14. The number of aryl methyl sites for hydroxylation is 2. The monoisotopic (exact) mass is 345 g/mol. The van der Waals surface area contributed by atoms with Gasteiger partial charge in [-0.2, -0.15) is 0 Å². The number of carbonyl (C=O) groups is 1. The molecule has 2 aromatic carbocycles. The number of sulfone groups is 1. The van der Waals surface area contributed by atoms with Gasteiger partial charge in [0.25, 0.3) is 0 Å². The van der Waals surface area contributed by atoms with Crippen LogP contribution in [0.3, 0.4) is 0 Å². The molecule has 0 bridgehead atoms. The van der Waals surface area contributed by atoms with Crippen LogP contribution in [0.5, 0.6) is 0 Å². The molecule has 4 nitrogen and oxygen atoms in total. The van der Waals surface area contributed by atoms with Gasteiger partial charge in [0.05, 0.1) is 5.75 Å². The van der Waals surface area contributed by atoms with Crippen molar-refractivity contribution in [2.24, 2.45) is 0 Å². The zero-order valence-electron chi connectivity index (χ0n) is 14.2. The predicted octanol–water partition coefficient (Wildman–Crippen LogP) is 2.92. The zero-order chi connectivity index (χ0) is 17.7. The lowest BCUT2D eigenvalue weighted by atomic mass is 10.1. The van der Waals surface area contributed by atoms with Crippen LogP contribution in [-0.2, 0) is 26.9 Å². The van der Waals surface area contributed by atoms with Gasteiger partial charge in [0.1, 0.15) is 5.25 Å². The van der Waals surface area contributed by atoms with Crippen LogP contribution in [-0.4, -0.2) is 19.6 Å². The van der Waals surface area contributed by atoms with E-state index in [1.165, 1.54) is 6.92 Å². The molecule has 2 aromatic rings. The molecule has 2 rings (SSSR count). The van der Waals surface area contributed by atoms with E-state index in [4.69, 9.17) is 0 Å². The van der Waals surface area contributed by atoms with Crippen molar-refractivity contribution in [3.63, 3.8) is 0 Å². The summed E-state index contributed by atoms with van der Waals surface area (Å²) in [6.45, 7) is 5.62. The second kappa shape index (κ2) is 7.62. The van der Waals surface area contributed by atoms with Gasteiger partial charge in [0.2, 0.25) is 5.91 Å². The maximum Gasteiger partial charge on any atom is 0.238 e. The van der Waals surface area contributed by atoms with Crippen LogP contribution >= 0.6 is 0 Å². The average molecular weight is 345 g/mol. The first-order valence-corrected chi connectivity index (χ1v) is 9.60. The van der Waals surface area contributed by atoms with Gasteiger partial charge in [-0.3, -0.25) is 4.79 Å². The normalized spacial score (nSPS) is 12.6. The highest BCUT2D eigenvalue weighted by Gasteiger charge is 2.28. The second-order valence-electron chi connectivity index (χ2n) is 6.08. The SMILES string of the molecule is Cc1ccc(CNC(=O)C(C)S(=O)(=O)Cc2ccccc2C)cc1. The van der Waals surface area contributed by atoms with Gasteiger partial charge >= 0.3 is 0 Å². The van der Waals surface area contributed by atoms with Gasteiger partial charge in [0, 0.05) is 6.54 Å². The molecule has 0 aliphatic rings. The summed E-state index contributed by atoms with van der Waals surface area (Å²) in [5.41, 5.74) is 3.72. The Labute approximate surface area is 143 Å². The molecule has 0 fully saturated rings. The van der Waals surface area contributed by atoms with Gasteiger partial charge in [-0.05, 0) is 37.5 Å². The number of benzene rings is 2. The summed E-state index contributed by atoms with van der Waals surface area (Å²) in [6, 6.07) is 15.1. The molecule has 0 radical (unpaired) electrons. The third kappa shape index (κ3) is 4.68. The Morgan fingerprint density at radius 3 is 2.29 bits per heavy atom. The molecule has 0 aliphatic carbocycles. The standard InChI is InChI=1S/C19H23NO3S/c1-14-8-10-17(11-9-14)12-20-19(21)16(3)24(22,23)13-18-7-5-4-6-15(18)2/h4-11,16H,12-13H2,1-3H3,(H,20,21). The highest BCUT2D eigenvalue weighted by Crippen LogP contribution is 2.15. The first-order valence-electron chi connectivity index (χ1n) is 7.89. The Morgan fingerprint density at radius 1 is 1.04 bits per heavy atom. The van der Waals surface area contributed by atoms with Crippen molar-refractivity contribution in [1.82, 2.24) is 5.32 Å². The molecule has 0 aromatic heterocycles. The van der Waals surface area contributed by atoms with Gasteiger partial charge < -0.3 is 5.32 Å². The van der Waals surface area contributed by atoms with Crippen LogP contribution in [0.25, 0.3) is 0 Å². The summed E-state index contributed by atoms with van der Waals surface area (Å²) in [7, 11) is -3.56. The molecule has 0 saturated heterocycles. The average Bonchev–Trinajstić information content (AvgIpc) is 2.55. The molecule has 1 N–H and O–H groups in total. The topological polar surface area (TPSA) is 63.2 Å². The molecule has 5 heteroatoms. The van der Waals surface area contributed by atoms with Crippen molar-refractivity contribution in [1.29, 1.82) is 0 Å². The summed E-state index contributed by atoms with van der Waals surface area (Å²) in [5.74, 6) is -0.595. The highest BCUT2D eigenvalue weighted by molar-refractivity contribution is 7.92. The van der Waals surface area contributed by atoms with Crippen LogP contribution in [0.4, 0.5) is 0 Å². The third-order valence-electron chi connectivity index (χ3n) is 4.11. The van der Waals surface area contributed by atoms with Crippen molar-refractivity contribution in [3.05, 3.63) is 70.8 Å². The number of carbonyl (C=O) groups excluding carboxylic acids is 1. The predicted molar refractivity (Wildman–Crippen MR) is 96.3 cm³/mol. The molecule has 0 aliphatic heterocycles. The van der Waals surface area contributed by atoms with Crippen LogP contribution in [0.15, 0.2) is 48.5 Å². The third-order valence-corrected chi connectivity index (χ3v) is 6.12. The summed E-state index contributed by atoms with van der Waals surface area (Å²) in [6.07, 6.45) is 0. The second-order valence-corrected chi connectivity index (χ2v) is 8.40. The van der Waals surface area contributed by atoms with E-state index in [9.17, 15) is 13.2 Å². The Bertz CT molecular complexity index is 811. The number of hydrogen-bond acceptors (Lipinski definition) is 3. The van der Waals surface area contributed by atoms with E-state index < -0.39 is 21.0 Å². The zero-order valence-corrected chi connectivity index (χ0v) is 15.1. The fraction of sp³-hybridized carbons (Fsp3) is 0.316. The molecule has 0 spiro atoms. The highest BCUT2D eigenvalue weighted by atomic mass is 32.2. The van der Waals surface area contributed by atoms with Crippen molar-refractivity contribution < 1.29 is 13.2 Å². The van der Waals surface area contributed by atoms with E-state index in [2.05, 4.69) is 5.32 Å². The van der Waals surface area contributed by atoms with Crippen molar-refractivity contribution in [2.45, 2.75) is 38.3 Å². The van der Waals surface area contributed by atoms with Gasteiger partial charge in [-0.25, -0.2) is 8.42 Å². The fourth-order valence-corrected chi connectivity index (χ4v) is 3.73. The molecule has 24 heavy (non-hydrogen) atoms. The van der Waals surface area contributed by atoms with Gasteiger partial charge in [-0.1, -0.05) is 54.1 Å². The van der Waals surface area contributed by atoms with Crippen LogP contribution in [0.1, 0.15) is 29.2 Å². The number of rotatable bonds is 6. The summed E-state index contributed by atoms with van der Waals surface area (Å²) < 4.78 is 25.0. The molecular weight excluding hydrogens is 322 g/mol. The number of amides is 1. The van der Waals surface area contributed by atoms with E-state index in [0.717, 1.165) is 22.3 Å². The summed E-state index contributed by atoms with van der Waals surface area (Å²) in [5, 5.41) is 1.63. The maximum absolute atomic E-state index is 12.5. The fourth-order valence-electron chi connectivity index (χ4n) is 2.32. The first-order chi connectivity index (χ1) is 11.3. The maximum atomic E-state index is 12.5. The minimum Gasteiger partial charge on any atom is -0.351 e. The quantitative estimate of drug-likeness (QED) is 0.875. The lowest BCUT2D eigenvalue weighted by Crippen LogP contribution is -2.38. The van der Waals surface area contributed by atoms with E-state index in [1.807, 2.05) is 50.2 Å². The lowest BCUT2D eigenvalue weighted by molar-refractivity contribution is -0.120. The molecule has 1 unspecified atom stereocenters. The van der Waals surface area contributed by atoms with Crippen molar-refractivity contribution >= 4 is 15.7 Å². The Balaban J connectivity index is 2.00. The largest absolute Gasteiger partial charge is 0.351 e. The molecular formula is C19H23NO3S. The van der Waals surface area contributed by atoms with Gasteiger partial charge in [-0.15, -0.1) is 0 Å². The number of nitrogens with one attached hydrogen (secondary N) is 1. The Kier molecular flexibility index (Phi) is 5.78. The Hall–Kier alpha value is -2.14. The minimum absolute atomic E-state index is 0.126. The van der Waals surface area contributed by atoms with E-state index >= 15 is 0 Å². The molecule has 1 amide bonds. The summed E-state index contributed by atoms with van der Waals surface area (Å²) in [4.78, 5) is 12.2.